The number of nitrogens with zero attached hydrogens (tertiary/aromatic N) is 2. The minimum Gasteiger partial charge on any atom is -0.472 e. The van der Waals surface area contributed by atoms with Crippen LogP contribution in [-0.2, 0) is 16.0 Å². The summed E-state index contributed by atoms with van der Waals surface area (Å²) in [6.45, 7) is 0. The van der Waals surface area contributed by atoms with Crippen LogP contribution in [0.25, 0.3) is 0 Å². The van der Waals surface area contributed by atoms with E-state index >= 15 is 0 Å². The summed E-state index contributed by atoms with van der Waals surface area (Å²) in [4.78, 5) is 37.1. The molecule has 0 bridgehead atoms. The zero-order valence-electron chi connectivity index (χ0n) is 9.54. The van der Waals surface area contributed by atoms with Crippen molar-refractivity contribution in [3.63, 3.8) is 0 Å². The Bertz CT molecular complexity index is 442. The van der Waals surface area contributed by atoms with Gasteiger partial charge in [0.25, 0.3) is 0 Å². The van der Waals surface area contributed by atoms with Gasteiger partial charge in [0.1, 0.15) is 5.92 Å². The third-order valence-corrected chi connectivity index (χ3v) is 2.85. The standard InChI is InChI=1S/C11H12N2O4/c1-12-9(14)8(5-7-3-4-17-6-7)10(15)13(2)11(12)16/h3-4,6,8H,5H2,1-2H3. The van der Waals surface area contributed by atoms with E-state index in [1.54, 1.807) is 6.07 Å². The second-order valence-electron chi connectivity index (χ2n) is 3.97. The molecule has 0 atom stereocenters. The lowest BCUT2D eigenvalue weighted by atomic mass is 9.97. The van der Waals surface area contributed by atoms with Gasteiger partial charge in [-0.15, -0.1) is 0 Å². The summed E-state index contributed by atoms with van der Waals surface area (Å²) in [5.41, 5.74) is 0.757. The van der Waals surface area contributed by atoms with Crippen LogP contribution in [0.15, 0.2) is 23.0 Å². The molecule has 6 heteroatoms. The Kier molecular flexibility index (Phi) is 2.71. The van der Waals surface area contributed by atoms with E-state index in [0.717, 1.165) is 15.4 Å². The molecule has 0 saturated carbocycles. The molecule has 1 aromatic rings. The molecule has 1 aliphatic rings. The Labute approximate surface area is 97.8 Å². The van der Waals surface area contributed by atoms with Crippen molar-refractivity contribution >= 4 is 17.8 Å². The van der Waals surface area contributed by atoms with Gasteiger partial charge in [-0.05, 0) is 18.1 Å². The molecular formula is C11H12N2O4. The number of amides is 4. The molecule has 0 N–H and O–H groups in total. The number of hydrogen-bond acceptors (Lipinski definition) is 4. The fourth-order valence-corrected chi connectivity index (χ4v) is 1.81. The maximum atomic E-state index is 11.8. The summed E-state index contributed by atoms with van der Waals surface area (Å²) in [7, 11) is 2.74. The third-order valence-electron chi connectivity index (χ3n) is 2.85. The Hall–Kier alpha value is -2.11. The van der Waals surface area contributed by atoms with E-state index in [1.165, 1.54) is 26.6 Å². The van der Waals surface area contributed by atoms with Crippen molar-refractivity contribution in [3.8, 4) is 0 Å². The number of furan rings is 1. The van der Waals surface area contributed by atoms with Gasteiger partial charge >= 0.3 is 6.03 Å². The molecule has 90 valence electrons. The average molecular weight is 236 g/mol. The molecule has 1 fully saturated rings. The summed E-state index contributed by atoms with van der Waals surface area (Å²) < 4.78 is 4.88. The van der Waals surface area contributed by atoms with Gasteiger partial charge in [0.05, 0.1) is 12.5 Å². The van der Waals surface area contributed by atoms with Gasteiger partial charge in [0, 0.05) is 14.1 Å². The zero-order chi connectivity index (χ0) is 12.6. The van der Waals surface area contributed by atoms with Crippen LogP contribution in [0, 0.1) is 5.92 Å². The van der Waals surface area contributed by atoms with Crippen molar-refractivity contribution in [2.75, 3.05) is 14.1 Å². The predicted octanol–water partition coefficient (Wildman–Crippen LogP) is 0.489. The van der Waals surface area contributed by atoms with Gasteiger partial charge in [0.15, 0.2) is 0 Å². The van der Waals surface area contributed by atoms with Crippen molar-refractivity contribution < 1.29 is 18.8 Å². The molecule has 2 rings (SSSR count). The summed E-state index contributed by atoms with van der Waals surface area (Å²) in [6, 6.07) is 1.10. The molecule has 1 aliphatic heterocycles. The van der Waals surface area contributed by atoms with Crippen LogP contribution in [0.4, 0.5) is 4.79 Å². The zero-order valence-corrected chi connectivity index (χ0v) is 9.54. The van der Waals surface area contributed by atoms with Gasteiger partial charge < -0.3 is 4.42 Å². The van der Waals surface area contributed by atoms with E-state index in [-0.39, 0.29) is 6.42 Å². The summed E-state index contributed by atoms with van der Waals surface area (Å²) >= 11 is 0. The molecule has 0 aliphatic carbocycles. The first kappa shape index (κ1) is 11.4. The van der Waals surface area contributed by atoms with Crippen LogP contribution < -0.4 is 0 Å². The lowest BCUT2D eigenvalue weighted by Crippen LogP contribution is -2.57. The molecule has 0 aromatic carbocycles. The predicted molar refractivity (Wildman–Crippen MR) is 56.8 cm³/mol. The first-order valence-corrected chi connectivity index (χ1v) is 5.12. The Balaban J connectivity index is 2.24. The highest BCUT2D eigenvalue weighted by atomic mass is 16.3. The molecular weight excluding hydrogens is 224 g/mol. The average Bonchev–Trinajstić information content (AvgIpc) is 2.82. The lowest BCUT2D eigenvalue weighted by Gasteiger charge is -2.32. The molecule has 0 spiro atoms. The van der Waals surface area contributed by atoms with E-state index in [1.807, 2.05) is 0 Å². The monoisotopic (exact) mass is 236 g/mol. The first-order chi connectivity index (χ1) is 8.02. The SMILES string of the molecule is CN1C(=O)C(Cc2ccoc2)C(=O)N(C)C1=O. The lowest BCUT2D eigenvalue weighted by molar-refractivity contribution is -0.147. The normalized spacial score (nSPS) is 18.1. The first-order valence-electron chi connectivity index (χ1n) is 5.12. The quantitative estimate of drug-likeness (QED) is 0.700. The van der Waals surface area contributed by atoms with Crippen molar-refractivity contribution in [1.29, 1.82) is 0 Å². The maximum Gasteiger partial charge on any atom is 0.332 e. The highest BCUT2D eigenvalue weighted by molar-refractivity contribution is 6.15. The van der Waals surface area contributed by atoms with Crippen molar-refractivity contribution in [1.82, 2.24) is 9.80 Å². The van der Waals surface area contributed by atoms with Crippen molar-refractivity contribution in [2.24, 2.45) is 5.92 Å². The van der Waals surface area contributed by atoms with Crippen LogP contribution in [-0.4, -0.2) is 41.7 Å². The number of hydrogen-bond donors (Lipinski definition) is 0. The molecule has 17 heavy (non-hydrogen) atoms. The second kappa shape index (κ2) is 4.04. The van der Waals surface area contributed by atoms with Crippen molar-refractivity contribution in [3.05, 3.63) is 24.2 Å². The van der Waals surface area contributed by atoms with E-state index in [0.29, 0.717) is 0 Å². The van der Waals surface area contributed by atoms with Gasteiger partial charge in [-0.1, -0.05) is 0 Å². The fourth-order valence-electron chi connectivity index (χ4n) is 1.81. The van der Waals surface area contributed by atoms with E-state index in [4.69, 9.17) is 4.42 Å². The number of rotatable bonds is 2. The smallest absolute Gasteiger partial charge is 0.332 e. The van der Waals surface area contributed by atoms with Crippen LogP contribution in [0.5, 0.6) is 0 Å². The fraction of sp³-hybridized carbons (Fsp3) is 0.364. The Morgan fingerprint density at radius 3 is 2.24 bits per heavy atom. The van der Waals surface area contributed by atoms with E-state index in [9.17, 15) is 14.4 Å². The molecule has 0 unspecified atom stereocenters. The number of urea groups is 1. The minimum atomic E-state index is -0.847. The molecule has 0 radical (unpaired) electrons. The minimum absolute atomic E-state index is 0.246. The number of barbiturate groups is 1. The topological polar surface area (TPSA) is 70.8 Å². The van der Waals surface area contributed by atoms with Gasteiger partial charge in [-0.25, -0.2) is 4.79 Å². The second-order valence-corrected chi connectivity index (χ2v) is 3.97. The van der Waals surface area contributed by atoms with Crippen LogP contribution >= 0.6 is 0 Å². The van der Waals surface area contributed by atoms with Gasteiger partial charge in [-0.2, -0.15) is 0 Å². The highest BCUT2D eigenvalue weighted by Gasteiger charge is 2.42. The van der Waals surface area contributed by atoms with Crippen LogP contribution in [0.1, 0.15) is 5.56 Å². The van der Waals surface area contributed by atoms with Crippen LogP contribution in [0.2, 0.25) is 0 Å². The number of carbonyl (C=O) groups is 3. The Morgan fingerprint density at radius 1 is 1.18 bits per heavy atom. The molecule has 2 heterocycles. The Morgan fingerprint density at radius 2 is 1.76 bits per heavy atom. The molecule has 6 nitrogen and oxygen atoms in total. The maximum absolute atomic E-state index is 11.8. The number of imide groups is 2. The summed E-state index contributed by atoms with van der Waals surface area (Å²) in [6.07, 6.45) is 3.21. The molecule has 4 amide bonds. The summed E-state index contributed by atoms with van der Waals surface area (Å²) in [5, 5.41) is 0. The highest BCUT2D eigenvalue weighted by Crippen LogP contribution is 2.19. The van der Waals surface area contributed by atoms with E-state index in [2.05, 4.69) is 0 Å². The van der Waals surface area contributed by atoms with Gasteiger partial charge in [-0.3, -0.25) is 19.4 Å². The van der Waals surface area contributed by atoms with Crippen molar-refractivity contribution in [2.45, 2.75) is 6.42 Å². The molecule has 1 aromatic heterocycles. The van der Waals surface area contributed by atoms with E-state index < -0.39 is 23.8 Å². The van der Waals surface area contributed by atoms with Gasteiger partial charge in [0.2, 0.25) is 11.8 Å². The third kappa shape index (κ3) is 1.82. The molecule has 1 saturated heterocycles. The number of carbonyl (C=O) groups excluding carboxylic acids is 3. The largest absolute Gasteiger partial charge is 0.472 e. The summed E-state index contributed by atoms with van der Waals surface area (Å²) in [5.74, 6) is -1.79. The van der Waals surface area contributed by atoms with Crippen LogP contribution in [0.3, 0.4) is 0 Å².